The maximum absolute atomic E-state index is 13.1. The summed E-state index contributed by atoms with van der Waals surface area (Å²) in [4.78, 5) is 13.1. The number of aromatic hydroxyl groups is 1. The molecular weight excluding hydrogens is 630 g/mol. The average Bonchev–Trinajstić information content (AvgIpc) is 2.77. The van der Waals surface area contributed by atoms with Gasteiger partial charge in [-0.15, -0.1) is 0 Å². The van der Waals surface area contributed by atoms with E-state index in [1.807, 2.05) is 46.9 Å². The molecule has 0 bridgehead atoms. The Hall–Kier alpha value is -1.74. The van der Waals surface area contributed by atoms with Gasteiger partial charge in [0.2, 0.25) is 0 Å². The molecule has 8 heteroatoms. The molecule has 0 saturated carbocycles. The zero-order valence-corrected chi connectivity index (χ0v) is 21.8. The van der Waals surface area contributed by atoms with Crippen LogP contribution in [0.15, 0.2) is 63.8 Å². The predicted molar refractivity (Wildman–Crippen MR) is 141 cm³/mol. The van der Waals surface area contributed by atoms with Crippen LogP contribution in [0.1, 0.15) is 11.1 Å². The van der Waals surface area contributed by atoms with E-state index in [2.05, 4.69) is 15.9 Å². The van der Waals surface area contributed by atoms with Crippen LogP contribution in [0.3, 0.4) is 0 Å². The lowest BCUT2D eigenvalue weighted by Crippen LogP contribution is -2.10. The summed E-state index contributed by atoms with van der Waals surface area (Å²) in [6.45, 7) is 0.574. The standard InChI is InChI=1S/C24H16BrCl2IO4/c25-9-10-31-15-4-1-13(2-5-15)11-18-16-7-8-20(29)22(28)23(16)32-24(30)21(18)17-6-3-14(26)12-19(17)27/h1-8,12,29H,9-11H2. The molecule has 0 saturated heterocycles. The van der Waals surface area contributed by atoms with Gasteiger partial charge in [0.1, 0.15) is 11.5 Å². The van der Waals surface area contributed by atoms with Crippen LogP contribution in [0.5, 0.6) is 11.5 Å². The third-order valence-electron chi connectivity index (χ3n) is 4.95. The number of ether oxygens (including phenoxy) is 1. The first kappa shape index (κ1) is 23.4. The molecule has 164 valence electrons. The topological polar surface area (TPSA) is 59.7 Å². The van der Waals surface area contributed by atoms with Crippen molar-refractivity contribution in [1.29, 1.82) is 0 Å². The Kier molecular flexibility index (Phi) is 7.34. The lowest BCUT2D eigenvalue weighted by atomic mass is 9.93. The van der Waals surface area contributed by atoms with Gasteiger partial charge in [0, 0.05) is 21.3 Å². The predicted octanol–water partition coefficient (Wildman–Crippen LogP) is 7.44. The summed E-state index contributed by atoms with van der Waals surface area (Å²) < 4.78 is 11.8. The van der Waals surface area contributed by atoms with Crippen molar-refractivity contribution >= 4 is 72.7 Å². The lowest BCUT2D eigenvalue weighted by Gasteiger charge is -2.15. The van der Waals surface area contributed by atoms with E-state index in [0.717, 1.165) is 27.6 Å². The summed E-state index contributed by atoms with van der Waals surface area (Å²) in [5, 5.41) is 12.4. The second kappa shape index (κ2) is 10.0. The molecule has 4 aromatic rings. The number of hydrogen-bond acceptors (Lipinski definition) is 4. The molecule has 0 fully saturated rings. The second-order valence-electron chi connectivity index (χ2n) is 7.00. The van der Waals surface area contributed by atoms with Crippen molar-refractivity contribution in [2.24, 2.45) is 0 Å². The molecule has 0 atom stereocenters. The molecule has 0 aliphatic rings. The normalized spacial score (nSPS) is 11.1. The Bertz CT molecular complexity index is 1350. The molecule has 4 nitrogen and oxygen atoms in total. The molecule has 0 amide bonds. The van der Waals surface area contributed by atoms with Crippen LogP contribution in [-0.2, 0) is 6.42 Å². The van der Waals surface area contributed by atoms with Gasteiger partial charge in [-0.3, -0.25) is 0 Å². The van der Waals surface area contributed by atoms with Crippen molar-refractivity contribution in [3.8, 4) is 22.6 Å². The van der Waals surface area contributed by atoms with Crippen molar-refractivity contribution in [2.45, 2.75) is 6.42 Å². The van der Waals surface area contributed by atoms with Crippen molar-refractivity contribution in [2.75, 3.05) is 11.9 Å². The number of fused-ring (bicyclic) bond motifs is 1. The Balaban J connectivity index is 1.92. The highest BCUT2D eigenvalue weighted by molar-refractivity contribution is 14.1. The number of phenols is 1. The third-order valence-corrected chi connectivity index (χ3v) is 6.87. The molecule has 0 aliphatic carbocycles. The zero-order valence-electron chi connectivity index (χ0n) is 16.5. The molecule has 0 radical (unpaired) electrons. The van der Waals surface area contributed by atoms with Crippen LogP contribution in [0, 0.1) is 3.57 Å². The maximum Gasteiger partial charge on any atom is 0.344 e. The van der Waals surface area contributed by atoms with Gasteiger partial charge >= 0.3 is 5.63 Å². The van der Waals surface area contributed by atoms with Gasteiger partial charge in [0.25, 0.3) is 0 Å². The van der Waals surface area contributed by atoms with Gasteiger partial charge in [0.15, 0.2) is 5.58 Å². The number of hydrogen-bond donors (Lipinski definition) is 1. The minimum absolute atomic E-state index is 0.0535. The van der Waals surface area contributed by atoms with Gasteiger partial charge in [-0.2, -0.15) is 0 Å². The Morgan fingerprint density at radius 1 is 1.06 bits per heavy atom. The van der Waals surface area contributed by atoms with Crippen LogP contribution in [0.2, 0.25) is 10.0 Å². The summed E-state index contributed by atoms with van der Waals surface area (Å²) >= 11 is 17.9. The van der Waals surface area contributed by atoms with E-state index in [4.69, 9.17) is 32.4 Å². The Labute approximate surface area is 216 Å². The van der Waals surface area contributed by atoms with E-state index in [9.17, 15) is 9.90 Å². The van der Waals surface area contributed by atoms with Crippen LogP contribution in [-0.4, -0.2) is 17.0 Å². The van der Waals surface area contributed by atoms with Crippen LogP contribution in [0.25, 0.3) is 22.1 Å². The summed E-state index contributed by atoms with van der Waals surface area (Å²) in [5.74, 6) is 0.823. The van der Waals surface area contributed by atoms with Crippen LogP contribution >= 0.6 is 61.7 Å². The first-order valence-corrected chi connectivity index (χ1v) is 12.5. The molecule has 3 aromatic carbocycles. The molecule has 1 N–H and O–H groups in total. The molecule has 4 rings (SSSR count). The minimum Gasteiger partial charge on any atom is -0.507 e. The van der Waals surface area contributed by atoms with Gasteiger partial charge in [-0.1, -0.05) is 57.3 Å². The molecule has 0 spiro atoms. The number of alkyl halides is 1. The molecule has 1 aromatic heterocycles. The number of benzene rings is 3. The SMILES string of the molecule is O=c1oc2c(I)c(O)ccc2c(Cc2ccc(OCCBr)cc2)c1-c1ccc(Cl)cc1Cl. The van der Waals surface area contributed by atoms with E-state index in [1.54, 1.807) is 30.3 Å². The second-order valence-corrected chi connectivity index (χ2v) is 9.72. The van der Waals surface area contributed by atoms with Crippen molar-refractivity contribution < 1.29 is 14.3 Å². The van der Waals surface area contributed by atoms with Crippen LogP contribution in [0.4, 0.5) is 0 Å². The number of halogens is 4. The maximum atomic E-state index is 13.1. The highest BCUT2D eigenvalue weighted by Crippen LogP contribution is 2.37. The summed E-state index contributed by atoms with van der Waals surface area (Å²) in [7, 11) is 0. The number of rotatable bonds is 6. The van der Waals surface area contributed by atoms with Crippen molar-refractivity contribution in [3.05, 3.63) is 89.8 Å². The molecule has 0 aliphatic heterocycles. The van der Waals surface area contributed by atoms with E-state index in [-0.39, 0.29) is 5.75 Å². The highest BCUT2D eigenvalue weighted by Gasteiger charge is 2.21. The first-order chi connectivity index (χ1) is 15.4. The fraction of sp³-hybridized carbons (Fsp3) is 0.125. The molecule has 1 heterocycles. The fourth-order valence-corrected chi connectivity index (χ4v) is 4.74. The summed E-state index contributed by atoms with van der Waals surface area (Å²) in [6.07, 6.45) is 0.454. The van der Waals surface area contributed by atoms with E-state index >= 15 is 0 Å². The van der Waals surface area contributed by atoms with E-state index in [0.29, 0.717) is 43.4 Å². The van der Waals surface area contributed by atoms with E-state index < -0.39 is 5.63 Å². The molecule has 0 unspecified atom stereocenters. The minimum atomic E-state index is -0.530. The Morgan fingerprint density at radius 2 is 1.81 bits per heavy atom. The van der Waals surface area contributed by atoms with E-state index in [1.165, 1.54) is 0 Å². The largest absolute Gasteiger partial charge is 0.507 e. The highest BCUT2D eigenvalue weighted by atomic mass is 127. The van der Waals surface area contributed by atoms with Gasteiger partial charge in [-0.25, -0.2) is 4.79 Å². The van der Waals surface area contributed by atoms with Crippen molar-refractivity contribution in [3.63, 3.8) is 0 Å². The molecule has 32 heavy (non-hydrogen) atoms. The van der Waals surface area contributed by atoms with Gasteiger partial charge in [-0.05, 0) is 76.5 Å². The Morgan fingerprint density at radius 3 is 2.50 bits per heavy atom. The fourth-order valence-electron chi connectivity index (χ4n) is 3.50. The zero-order chi connectivity index (χ0) is 22.8. The summed E-state index contributed by atoms with van der Waals surface area (Å²) in [5.41, 5.74) is 2.47. The van der Waals surface area contributed by atoms with Gasteiger partial charge in [0.05, 0.1) is 20.8 Å². The molecular formula is C24H16BrCl2IO4. The third kappa shape index (κ3) is 4.78. The smallest absolute Gasteiger partial charge is 0.344 e. The van der Waals surface area contributed by atoms with Crippen molar-refractivity contribution in [1.82, 2.24) is 0 Å². The van der Waals surface area contributed by atoms with Gasteiger partial charge < -0.3 is 14.3 Å². The quantitative estimate of drug-likeness (QED) is 0.135. The average molecular weight is 646 g/mol. The first-order valence-electron chi connectivity index (χ1n) is 9.59. The lowest BCUT2D eigenvalue weighted by molar-refractivity contribution is 0.345. The van der Waals surface area contributed by atoms with Crippen LogP contribution < -0.4 is 10.4 Å². The monoisotopic (exact) mass is 644 g/mol. The summed E-state index contributed by atoms with van der Waals surface area (Å²) in [6, 6.07) is 16.1. The number of phenolic OH excluding ortho intramolecular Hbond substituents is 1.